The van der Waals surface area contributed by atoms with Gasteiger partial charge >= 0.3 is 0 Å². The van der Waals surface area contributed by atoms with Gasteiger partial charge in [0.2, 0.25) is 0 Å². The summed E-state index contributed by atoms with van der Waals surface area (Å²) < 4.78 is 11.0. The first-order chi connectivity index (χ1) is 17.5. The molecule has 4 rings (SSSR count). The van der Waals surface area contributed by atoms with Crippen LogP contribution in [-0.2, 0) is 9.59 Å². The van der Waals surface area contributed by atoms with Crippen molar-refractivity contribution in [1.82, 2.24) is 0 Å². The standard InChI is InChI=1S/C30H31NO5/c1-4-5-8-19-36-24-15-11-21(12-16-24)28(32)26-27(25-10-7-6-9-20(25)2)31(30(34)29(26)33)22-13-17-23(35-3)18-14-22/h6-7,9-18,27,32H,4-5,8,19H2,1-3H3/b28-26-. The third-order valence-corrected chi connectivity index (χ3v) is 6.42. The Morgan fingerprint density at radius 1 is 0.917 bits per heavy atom. The van der Waals surface area contributed by atoms with Gasteiger partial charge in [0.25, 0.3) is 11.7 Å². The van der Waals surface area contributed by atoms with E-state index >= 15 is 0 Å². The van der Waals surface area contributed by atoms with E-state index in [1.807, 2.05) is 31.2 Å². The Morgan fingerprint density at radius 3 is 2.22 bits per heavy atom. The van der Waals surface area contributed by atoms with Crippen molar-refractivity contribution in [3.8, 4) is 11.5 Å². The fraction of sp³-hybridized carbons (Fsp3) is 0.267. The molecule has 1 amide bonds. The molecule has 0 aliphatic carbocycles. The lowest BCUT2D eigenvalue weighted by atomic mass is 9.92. The van der Waals surface area contributed by atoms with Gasteiger partial charge in [-0.05, 0) is 73.0 Å². The maximum absolute atomic E-state index is 13.3. The van der Waals surface area contributed by atoms with Crippen molar-refractivity contribution < 1.29 is 24.2 Å². The summed E-state index contributed by atoms with van der Waals surface area (Å²) in [6, 6.07) is 20.7. The monoisotopic (exact) mass is 485 g/mol. The van der Waals surface area contributed by atoms with Crippen LogP contribution in [0.5, 0.6) is 11.5 Å². The Bertz CT molecular complexity index is 1260. The molecule has 1 aliphatic rings. The molecular formula is C30H31NO5. The molecule has 3 aromatic rings. The first-order valence-corrected chi connectivity index (χ1v) is 12.2. The first-order valence-electron chi connectivity index (χ1n) is 12.2. The van der Waals surface area contributed by atoms with Crippen LogP contribution in [0.2, 0.25) is 0 Å². The third-order valence-electron chi connectivity index (χ3n) is 6.42. The molecule has 0 bridgehead atoms. The quantitative estimate of drug-likeness (QED) is 0.169. The second kappa shape index (κ2) is 11.1. The highest BCUT2D eigenvalue weighted by molar-refractivity contribution is 6.51. The molecule has 1 unspecified atom stereocenters. The number of ether oxygens (including phenoxy) is 2. The SMILES string of the molecule is CCCCCOc1ccc(/C(O)=C2/C(=O)C(=O)N(c3ccc(OC)cc3)C2c2ccccc2C)cc1. The molecule has 0 radical (unpaired) electrons. The van der Waals surface area contributed by atoms with Crippen LogP contribution in [0.15, 0.2) is 78.4 Å². The van der Waals surface area contributed by atoms with Crippen LogP contribution in [0.25, 0.3) is 5.76 Å². The largest absolute Gasteiger partial charge is 0.507 e. The lowest BCUT2D eigenvalue weighted by molar-refractivity contribution is -0.132. The van der Waals surface area contributed by atoms with Crippen LogP contribution in [-0.4, -0.2) is 30.5 Å². The Morgan fingerprint density at radius 2 is 1.58 bits per heavy atom. The van der Waals surface area contributed by atoms with E-state index in [-0.39, 0.29) is 11.3 Å². The number of hydrogen-bond donors (Lipinski definition) is 1. The zero-order valence-electron chi connectivity index (χ0n) is 20.9. The number of Topliss-reactive ketones (excluding diaryl/α,β-unsaturated/α-hetero) is 1. The zero-order valence-corrected chi connectivity index (χ0v) is 20.9. The van der Waals surface area contributed by atoms with E-state index < -0.39 is 17.7 Å². The summed E-state index contributed by atoms with van der Waals surface area (Å²) in [5.41, 5.74) is 2.72. The van der Waals surface area contributed by atoms with Crippen molar-refractivity contribution >= 4 is 23.1 Å². The molecule has 6 nitrogen and oxygen atoms in total. The highest BCUT2D eigenvalue weighted by Crippen LogP contribution is 2.43. The second-order valence-corrected chi connectivity index (χ2v) is 8.80. The Hall–Kier alpha value is -4.06. The van der Waals surface area contributed by atoms with Crippen molar-refractivity contribution in [2.24, 2.45) is 0 Å². The number of ketones is 1. The van der Waals surface area contributed by atoms with Crippen molar-refractivity contribution in [1.29, 1.82) is 0 Å². The van der Waals surface area contributed by atoms with Crippen LogP contribution in [0.1, 0.15) is 48.9 Å². The van der Waals surface area contributed by atoms with Crippen molar-refractivity contribution in [2.45, 2.75) is 39.2 Å². The highest BCUT2D eigenvalue weighted by atomic mass is 16.5. The van der Waals surface area contributed by atoms with Crippen LogP contribution in [0.3, 0.4) is 0 Å². The molecule has 186 valence electrons. The molecule has 1 aliphatic heterocycles. The summed E-state index contributed by atoms with van der Waals surface area (Å²) in [6.07, 6.45) is 3.20. The minimum atomic E-state index is -0.774. The fourth-order valence-electron chi connectivity index (χ4n) is 4.44. The zero-order chi connectivity index (χ0) is 25.7. The number of amides is 1. The van der Waals surface area contributed by atoms with Crippen LogP contribution < -0.4 is 14.4 Å². The number of aryl methyl sites for hydroxylation is 1. The summed E-state index contributed by atoms with van der Waals surface area (Å²) in [4.78, 5) is 28.1. The number of aliphatic hydroxyl groups excluding tert-OH is 1. The molecule has 1 heterocycles. The topological polar surface area (TPSA) is 76.1 Å². The van der Waals surface area contributed by atoms with Gasteiger partial charge in [-0.3, -0.25) is 14.5 Å². The Labute approximate surface area is 211 Å². The maximum atomic E-state index is 13.3. The lowest BCUT2D eigenvalue weighted by Gasteiger charge is -2.26. The van der Waals surface area contributed by atoms with E-state index in [1.165, 1.54) is 4.90 Å². The van der Waals surface area contributed by atoms with Crippen molar-refractivity contribution in [3.05, 3.63) is 95.1 Å². The van der Waals surface area contributed by atoms with Gasteiger partial charge in [0.1, 0.15) is 17.3 Å². The second-order valence-electron chi connectivity index (χ2n) is 8.80. The lowest BCUT2D eigenvalue weighted by Crippen LogP contribution is -2.29. The number of hydrogen-bond acceptors (Lipinski definition) is 5. The Kier molecular flexibility index (Phi) is 7.74. The van der Waals surface area contributed by atoms with E-state index in [9.17, 15) is 14.7 Å². The van der Waals surface area contributed by atoms with E-state index in [0.29, 0.717) is 29.4 Å². The van der Waals surface area contributed by atoms with Gasteiger partial charge in [0.05, 0.1) is 25.3 Å². The van der Waals surface area contributed by atoms with Gasteiger partial charge in [-0.15, -0.1) is 0 Å². The van der Waals surface area contributed by atoms with Gasteiger partial charge in [-0.1, -0.05) is 44.0 Å². The summed E-state index contributed by atoms with van der Waals surface area (Å²) in [5.74, 6) is -0.297. The maximum Gasteiger partial charge on any atom is 0.300 e. The van der Waals surface area contributed by atoms with Gasteiger partial charge in [-0.2, -0.15) is 0 Å². The van der Waals surface area contributed by atoms with Crippen LogP contribution >= 0.6 is 0 Å². The van der Waals surface area contributed by atoms with Gasteiger partial charge in [0.15, 0.2) is 0 Å². The smallest absolute Gasteiger partial charge is 0.300 e. The molecule has 0 aromatic heterocycles. The predicted octanol–water partition coefficient (Wildman–Crippen LogP) is 6.20. The molecule has 0 spiro atoms. The minimum absolute atomic E-state index is 0.0572. The van der Waals surface area contributed by atoms with E-state index in [4.69, 9.17) is 9.47 Å². The van der Waals surface area contributed by atoms with E-state index in [1.54, 1.807) is 55.6 Å². The average Bonchev–Trinajstić information content (AvgIpc) is 3.17. The average molecular weight is 486 g/mol. The third kappa shape index (κ3) is 4.98. The molecule has 0 saturated carbocycles. The molecule has 1 N–H and O–H groups in total. The summed E-state index contributed by atoms with van der Waals surface area (Å²) in [5, 5.41) is 11.3. The number of carbonyl (C=O) groups excluding carboxylic acids is 2. The van der Waals surface area contributed by atoms with Crippen molar-refractivity contribution in [3.63, 3.8) is 0 Å². The number of benzene rings is 3. The van der Waals surface area contributed by atoms with E-state index in [0.717, 1.165) is 30.4 Å². The molecule has 1 atom stereocenters. The predicted molar refractivity (Wildman–Crippen MR) is 140 cm³/mol. The van der Waals surface area contributed by atoms with Crippen molar-refractivity contribution in [2.75, 3.05) is 18.6 Å². The van der Waals surface area contributed by atoms with Crippen LogP contribution in [0, 0.1) is 6.92 Å². The van der Waals surface area contributed by atoms with Gasteiger partial charge < -0.3 is 14.6 Å². The van der Waals surface area contributed by atoms with Gasteiger partial charge in [0, 0.05) is 11.3 Å². The number of unbranched alkanes of at least 4 members (excludes halogenated alkanes) is 2. The fourth-order valence-corrected chi connectivity index (χ4v) is 4.44. The molecular weight excluding hydrogens is 454 g/mol. The molecule has 1 saturated heterocycles. The Balaban J connectivity index is 1.76. The van der Waals surface area contributed by atoms with Gasteiger partial charge in [-0.25, -0.2) is 0 Å². The highest BCUT2D eigenvalue weighted by Gasteiger charge is 2.47. The van der Waals surface area contributed by atoms with E-state index in [2.05, 4.69) is 6.92 Å². The minimum Gasteiger partial charge on any atom is -0.507 e. The van der Waals surface area contributed by atoms with Crippen LogP contribution in [0.4, 0.5) is 5.69 Å². The summed E-state index contributed by atoms with van der Waals surface area (Å²) in [6.45, 7) is 4.69. The first kappa shape index (κ1) is 25.0. The normalized spacial score (nSPS) is 16.9. The molecule has 6 heteroatoms. The molecule has 36 heavy (non-hydrogen) atoms. The number of nitrogens with zero attached hydrogens (tertiary/aromatic N) is 1. The number of methoxy groups -OCH3 is 1. The number of rotatable bonds is 9. The number of anilines is 1. The summed E-state index contributed by atoms with van der Waals surface area (Å²) >= 11 is 0. The summed E-state index contributed by atoms with van der Waals surface area (Å²) in [7, 11) is 1.57. The number of aliphatic hydroxyl groups is 1. The number of carbonyl (C=O) groups is 2. The molecule has 3 aromatic carbocycles. The molecule has 1 fully saturated rings.